The minimum atomic E-state index is -0.260. The minimum absolute atomic E-state index is 0.0543. The van der Waals surface area contributed by atoms with E-state index in [2.05, 4.69) is 11.1 Å². The van der Waals surface area contributed by atoms with E-state index in [9.17, 15) is 9.50 Å². The molecule has 106 valence electrons. The van der Waals surface area contributed by atoms with E-state index < -0.39 is 0 Å². The summed E-state index contributed by atoms with van der Waals surface area (Å²) >= 11 is 0. The summed E-state index contributed by atoms with van der Waals surface area (Å²) in [6.45, 7) is 2.05. The van der Waals surface area contributed by atoms with Gasteiger partial charge in [-0.05, 0) is 59.0 Å². The smallest absolute Gasteiger partial charge is 0.123 e. The molecule has 2 nitrogen and oxygen atoms in total. The Hall–Kier alpha value is -2.26. The van der Waals surface area contributed by atoms with E-state index in [0.717, 1.165) is 33.0 Å². The standard InChI is InChI=1S/C18H16FNO/c1-12-9-17(13-3-2-7-20-11-13)16-5-4-14(19)10-18(16)15(12)6-8-21/h2-5,7,9-11,21H,6,8H2,1H3. The predicted molar refractivity (Wildman–Crippen MR) is 82.7 cm³/mol. The van der Waals surface area contributed by atoms with Crippen molar-refractivity contribution in [2.24, 2.45) is 0 Å². The summed E-state index contributed by atoms with van der Waals surface area (Å²) in [5.41, 5.74) is 4.10. The first-order valence-corrected chi connectivity index (χ1v) is 6.93. The molecule has 0 aliphatic rings. The Bertz CT molecular complexity index is 784. The van der Waals surface area contributed by atoms with Gasteiger partial charge in [0.05, 0.1) is 0 Å². The first-order valence-electron chi connectivity index (χ1n) is 6.93. The van der Waals surface area contributed by atoms with Gasteiger partial charge in [-0.25, -0.2) is 4.39 Å². The van der Waals surface area contributed by atoms with Crippen molar-refractivity contribution in [1.29, 1.82) is 0 Å². The van der Waals surface area contributed by atoms with Gasteiger partial charge in [-0.1, -0.05) is 18.2 Å². The fourth-order valence-corrected chi connectivity index (χ4v) is 2.80. The van der Waals surface area contributed by atoms with Crippen molar-refractivity contribution < 1.29 is 9.50 Å². The minimum Gasteiger partial charge on any atom is -0.396 e. The number of rotatable bonds is 3. The van der Waals surface area contributed by atoms with Gasteiger partial charge in [-0.2, -0.15) is 0 Å². The molecular weight excluding hydrogens is 265 g/mol. The molecule has 0 saturated carbocycles. The van der Waals surface area contributed by atoms with Crippen LogP contribution in [0.25, 0.3) is 21.9 Å². The Morgan fingerprint density at radius 3 is 2.71 bits per heavy atom. The number of pyridine rings is 1. The van der Waals surface area contributed by atoms with Crippen LogP contribution >= 0.6 is 0 Å². The second kappa shape index (κ2) is 5.62. The van der Waals surface area contributed by atoms with Gasteiger partial charge in [0.25, 0.3) is 0 Å². The zero-order chi connectivity index (χ0) is 14.8. The normalized spacial score (nSPS) is 11.0. The van der Waals surface area contributed by atoms with Crippen molar-refractivity contribution in [3.8, 4) is 11.1 Å². The lowest BCUT2D eigenvalue weighted by molar-refractivity contribution is 0.300. The van der Waals surface area contributed by atoms with E-state index in [1.165, 1.54) is 6.07 Å². The maximum Gasteiger partial charge on any atom is 0.123 e. The van der Waals surface area contributed by atoms with Crippen LogP contribution in [-0.2, 0) is 6.42 Å². The molecule has 0 unspecified atom stereocenters. The van der Waals surface area contributed by atoms with E-state index in [4.69, 9.17) is 0 Å². The van der Waals surface area contributed by atoms with Crippen molar-refractivity contribution >= 4 is 10.8 Å². The third-order valence-electron chi connectivity index (χ3n) is 3.77. The fourth-order valence-electron chi connectivity index (χ4n) is 2.80. The van der Waals surface area contributed by atoms with Crippen LogP contribution in [0.2, 0.25) is 0 Å². The summed E-state index contributed by atoms with van der Waals surface area (Å²) in [6.07, 6.45) is 4.07. The van der Waals surface area contributed by atoms with Crippen molar-refractivity contribution in [2.45, 2.75) is 13.3 Å². The number of aliphatic hydroxyl groups excluding tert-OH is 1. The first-order chi connectivity index (χ1) is 10.2. The number of aryl methyl sites for hydroxylation is 1. The SMILES string of the molecule is Cc1cc(-c2cccnc2)c2ccc(F)cc2c1CCO. The van der Waals surface area contributed by atoms with Gasteiger partial charge in [0.2, 0.25) is 0 Å². The number of benzene rings is 2. The Kier molecular flexibility index (Phi) is 3.67. The second-order valence-electron chi connectivity index (χ2n) is 5.12. The van der Waals surface area contributed by atoms with Gasteiger partial charge in [-0.3, -0.25) is 4.98 Å². The highest BCUT2D eigenvalue weighted by atomic mass is 19.1. The molecule has 3 aromatic rings. The monoisotopic (exact) mass is 281 g/mol. The molecule has 0 atom stereocenters. The average Bonchev–Trinajstić information content (AvgIpc) is 2.50. The highest BCUT2D eigenvalue weighted by molar-refractivity contribution is 5.99. The van der Waals surface area contributed by atoms with Crippen molar-refractivity contribution in [1.82, 2.24) is 4.98 Å². The number of fused-ring (bicyclic) bond motifs is 1. The maximum atomic E-state index is 13.6. The summed E-state index contributed by atoms with van der Waals surface area (Å²) in [5.74, 6) is -0.260. The van der Waals surface area contributed by atoms with Crippen LogP contribution < -0.4 is 0 Å². The third kappa shape index (κ3) is 2.52. The van der Waals surface area contributed by atoms with Gasteiger partial charge in [-0.15, -0.1) is 0 Å². The molecule has 2 aromatic carbocycles. The average molecular weight is 281 g/mol. The van der Waals surface area contributed by atoms with Crippen LogP contribution in [0.5, 0.6) is 0 Å². The fraction of sp³-hybridized carbons (Fsp3) is 0.167. The van der Waals surface area contributed by atoms with Gasteiger partial charge >= 0.3 is 0 Å². The molecule has 0 radical (unpaired) electrons. The van der Waals surface area contributed by atoms with Gasteiger partial charge in [0.1, 0.15) is 5.82 Å². The lowest BCUT2D eigenvalue weighted by Gasteiger charge is -2.14. The molecule has 0 fully saturated rings. The first kappa shape index (κ1) is 13.7. The van der Waals surface area contributed by atoms with E-state index in [1.54, 1.807) is 18.3 Å². The highest BCUT2D eigenvalue weighted by Gasteiger charge is 2.12. The zero-order valence-electron chi connectivity index (χ0n) is 11.8. The van der Waals surface area contributed by atoms with Gasteiger partial charge in [0.15, 0.2) is 0 Å². The quantitative estimate of drug-likeness (QED) is 0.790. The third-order valence-corrected chi connectivity index (χ3v) is 3.77. The highest BCUT2D eigenvalue weighted by Crippen LogP contribution is 2.33. The lowest BCUT2D eigenvalue weighted by Crippen LogP contribution is -1.98. The Morgan fingerprint density at radius 1 is 1.14 bits per heavy atom. The van der Waals surface area contributed by atoms with Crippen molar-refractivity contribution in [3.05, 3.63) is 65.7 Å². The Balaban J connectivity index is 2.35. The summed E-state index contributed by atoms with van der Waals surface area (Å²) in [6, 6.07) is 10.8. The maximum absolute atomic E-state index is 13.6. The number of nitrogens with zero attached hydrogens (tertiary/aromatic N) is 1. The van der Waals surface area contributed by atoms with Crippen LogP contribution in [0.1, 0.15) is 11.1 Å². The van der Waals surface area contributed by atoms with E-state index in [0.29, 0.717) is 6.42 Å². The van der Waals surface area contributed by atoms with E-state index in [-0.39, 0.29) is 12.4 Å². The Morgan fingerprint density at radius 2 is 2.00 bits per heavy atom. The molecule has 0 spiro atoms. The molecule has 21 heavy (non-hydrogen) atoms. The largest absolute Gasteiger partial charge is 0.396 e. The number of hydrogen-bond acceptors (Lipinski definition) is 2. The molecule has 0 aliphatic carbocycles. The molecular formula is C18H16FNO. The number of aliphatic hydroxyl groups is 1. The van der Waals surface area contributed by atoms with E-state index >= 15 is 0 Å². The van der Waals surface area contributed by atoms with Crippen LogP contribution in [0.4, 0.5) is 4.39 Å². The van der Waals surface area contributed by atoms with Crippen LogP contribution in [0.15, 0.2) is 48.8 Å². The predicted octanol–water partition coefficient (Wildman–Crippen LogP) is 3.88. The van der Waals surface area contributed by atoms with Crippen LogP contribution in [-0.4, -0.2) is 16.7 Å². The van der Waals surface area contributed by atoms with Crippen molar-refractivity contribution in [2.75, 3.05) is 6.61 Å². The summed E-state index contributed by atoms with van der Waals surface area (Å²) in [7, 11) is 0. The lowest BCUT2D eigenvalue weighted by atomic mass is 9.91. The molecule has 0 aliphatic heterocycles. The second-order valence-corrected chi connectivity index (χ2v) is 5.12. The summed E-state index contributed by atoms with van der Waals surface area (Å²) < 4.78 is 13.6. The van der Waals surface area contributed by atoms with Crippen molar-refractivity contribution in [3.63, 3.8) is 0 Å². The molecule has 1 heterocycles. The number of hydrogen-bond donors (Lipinski definition) is 1. The molecule has 1 N–H and O–H groups in total. The topological polar surface area (TPSA) is 33.1 Å². The van der Waals surface area contributed by atoms with E-state index in [1.807, 2.05) is 25.3 Å². The molecule has 3 heteroatoms. The zero-order valence-corrected chi connectivity index (χ0v) is 11.8. The Labute approximate surface area is 122 Å². The molecule has 0 saturated heterocycles. The number of aromatic nitrogens is 1. The van der Waals surface area contributed by atoms with Gasteiger partial charge < -0.3 is 5.11 Å². The van der Waals surface area contributed by atoms with Crippen LogP contribution in [0, 0.1) is 12.7 Å². The molecule has 3 rings (SSSR count). The molecule has 0 bridgehead atoms. The molecule has 1 aromatic heterocycles. The summed E-state index contributed by atoms with van der Waals surface area (Å²) in [4.78, 5) is 4.16. The molecule has 0 amide bonds. The number of halogens is 1. The summed E-state index contributed by atoms with van der Waals surface area (Å²) in [5, 5.41) is 11.1. The van der Waals surface area contributed by atoms with Crippen LogP contribution in [0.3, 0.4) is 0 Å². The van der Waals surface area contributed by atoms with Gasteiger partial charge in [0, 0.05) is 24.6 Å².